The molecule has 5 rings (SSSR count). The lowest BCUT2D eigenvalue weighted by Crippen LogP contribution is -2.51. The molecule has 4 fully saturated rings. The fourth-order valence-corrected chi connectivity index (χ4v) is 5.42. The van der Waals surface area contributed by atoms with E-state index in [0.717, 1.165) is 18.3 Å². The van der Waals surface area contributed by atoms with Crippen molar-refractivity contribution in [3.8, 4) is 0 Å². The molecule has 7 heteroatoms. The summed E-state index contributed by atoms with van der Waals surface area (Å²) in [5, 5.41) is 15.8. The number of piperazine rings is 1. The van der Waals surface area contributed by atoms with Crippen LogP contribution in [0.2, 0.25) is 0 Å². The molecule has 2 amide bonds. The Morgan fingerprint density at radius 3 is 2.62 bits per heavy atom. The van der Waals surface area contributed by atoms with Crippen molar-refractivity contribution in [2.75, 3.05) is 13.1 Å². The van der Waals surface area contributed by atoms with E-state index in [0.29, 0.717) is 36.8 Å². The third kappa shape index (κ3) is 2.73. The van der Waals surface area contributed by atoms with Gasteiger partial charge in [0.1, 0.15) is 0 Å². The van der Waals surface area contributed by atoms with Crippen LogP contribution < -0.4 is 0 Å². The molecule has 5 atom stereocenters. The number of hydrogen-bond donors (Lipinski definition) is 2. The van der Waals surface area contributed by atoms with Crippen molar-refractivity contribution in [2.45, 2.75) is 57.2 Å². The van der Waals surface area contributed by atoms with Gasteiger partial charge in [0, 0.05) is 19.5 Å². The number of rotatable bonds is 4. The highest BCUT2D eigenvalue weighted by molar-refractivity contribution is 5.93. The molecule has 2 saturated heterocycles. The van der Waals surface area contributed by atoms with Gasteiger partial charge in [-0.25, -0.2) is 0 Å². The number of carbonyl (C=O) groups is 2. The maximum atomic E-state index is 12.8. The summed E-state index contributed by atoms with van der Waals surface area (Å²) in [4.78, 5) is 29.3. The van der Waals surface area contributed by atoms with Gasteiger partial charge < -0.3 is 14.9 Å². The van der Waals surface area contributed by atoms with Crippen molar-refractivity contribution in [2.24, 2.45) is 17.8 Å². The maximum Gasteiger partial charge on any atom is 0.274 e. The number of carbonyl (C=O) groups excluding carboxylic acids is 2. The minimum Gasteiger partial charge on any atom is -0.390 e. The smallest absolute Gasteiger partial charge is 0.274 e. The van der Waals surface area contributed by atoms with E-state index >= 15 is 0 Å². The zero-order valence-electron chi connectivity index (χ0n) is 14.9. The van der Waals surface area contributed by atoms with Gasteiger partial charge in [-0.15, -0.1) is 0 Å². The average Bonchev–Trinajstić information content (AvgIpc) is 3.03. The number of nitrogens with zero attached hydrogens (tertiary/aromatic N) is 3. The Balaban J connectivity index is 1.18. The molecule has 3 unspecified atom stereocenters. The Hall–Kier alpha value is -1.89. The third-order valence-corrected chi connectivity index (χ3v) is 6.96. The van der Waals surface area contributed by atoms with E-state index in [2.05, 4.69) is 10.2 Å². The molecule has 2 aliphatic heterocycles. The number of amides is 2. The standard InChI is InChI=1S/C19H26N4O3/c24-10-14-6-17(21-20-14)19(26)23-9-15-7-16(23)8-22(15)18(25)4-11-1-2-12-5-13(12)3-11/h6,11-13,15-16,24H,1-5,7-10H2,(H,20,21)/t11?,12?,13?,15-,16-/m0/s1. The summed E-state index contributed by atoms with van der Waals surface area (Å²) in [6.07, 6.45) is 6.74. The van der Waals surface area contributed by atoms with Gasteiger partial charge in [-0.3, -0.25) is 14.7 Å². The van der Waals surface area contributed by atoms with Gasteiger partial charge in [-0.1, -0.05) is 0 Å². The first-order chi connectivity index (χ1) is 12.6. The van der Waals surface area contributed by atoms with Crippen LogP contribution in [0.25, 0.3) is 0 Å². The van der Waals surface area contributed by atoms with Crippen LogP contribution >= 0.6 is 0 Å². The fraction of sp³-hybridized carbons (Fsp3) is 0.737. The van der Waals surface area contributed by atoms with Crippen LogP contribution in [0.3, 0.4) is 0 Å². The van der Waals surface area contributed by atoms with Gasteiger partial charge in [-0.05, 0) is 55.9 Å². The zero-order valence-corrected chi connectivity index (χ0v) is 14.9. The lowest BCUT2D eigenvalue weighted by molar-refractivity contribution is -0.134. The van der Waals surface area contributed by atoms with Crippen molar-refractivity contribution >= 4 is 11.8 Å². The Morgan fingerprint density at radius 1 is 1.12 bits per heavy atom. The van der Waals surface area contributed by atoms with Crippen molar-refractivity contribution in [3.63, 3.8) is 0 Å². The predicted octanol–water partition coefficient (Wildman–Crippen LogP) is 1.15. The van der Waals surface area contributed by atoms with Crippen LogP contribution in [0.4, 0.5) is 0 Å². The highest BCUT2D eigenvalue weighted by Gasteiger charge is 2.48. The van der Waals surface area contributed by atoms with Crippen LogP contribution in [0.1, 0.15) is 54.7 Å². The Bertz CT molecular complexity index is 732. The largest absolute Gasteiger partial charge is 0.390 e. The molecule has 0 radical (unpaired) electrons. The van der Waals surface area contributed by atoms with Crippen molar-refractivity contribution in [1.29, 1.82) is 0 Å². The molecule has 2 N–H and O–H groups in total. The molecule has 7 nitrogen and oxygen atoms in total. The highest BCUT2D eigenvalue weighted by Crippen LogP contribution is 2.52. The fourth-order valence-electron chi connectivity index (χ4n) is 5.42. The molecule has 26 heavy (non-hydrogen) atoms. The molecule has 4 aliphatic rings. The topological polar surface area (TPSA) is 89.5 Å². The second-order valence-corrected chi connectivity index (χ2v) is 8.62. The van der Waals surface area contributed by atoms with Crippen LogP contribution in [0.5, 0.6) is 0 Å². The maximum absolute atomic E-state index is 12.8. The van der Waals surface area contributed by atoms with E-state index in [1.165, 1.54) is 25.7 Å². The second kappa shape index (κ2) is 6.08. The lowest BCUT2D eigenvalue weighted by atomic mass is 9.86. The van der Waals surface area contributed by atoms with Gasteiger partial charge in [0.25, 0.3) is 5.91 Å². The summed E-state index contributed by atoms with van der Waals surface area (Å²) in [6, 6.07) is 1.86. The molecule has 2 saturated carbocycles. The molecule has 0 aromatic carbocycles. The SMILES string of the molecule is O=C(CC1CCC2CC2C1)N1C[C@@H]2C[C@H]1CN2C(=O)c1cc(CO)[nH]n1. The molecule has 140 valence electrons. The van der Waals surface area contributed by atoms with Crippen LogP contribution in [-0.4, -0.2) is 62.1 Å². The molecule has 0 spiro atoms. The minimum absolute atomic E-state index is 0.102. The van der Waals surface area contributed by atoms with E-state index < -0.39 is 0 Å². The van der Waals surface area contributed by atoms with E-state index in [1.807, 2.05) is 9.80 Å². The molecule has 3 heterocycles. The molecule has 1 aromatic rings. The predicted molar refractivity (Wildman–Crippen MR) is 93.0 cm³/mol. The number of fused-ring (bicyclic) bond motifs is 3. The van der Waals surface area contributed by atoms with E-state index in [-0.39, 0.29) is 30.5 Å². The highest BCUT2D eigenvalue weighted by atomic mass is 16.3. The molecule has 1 aromatic heterocycles. The Morgan fingerprint density at radius 2 is 1.92 bits per heavy atom. The van der Waals surface area contributed by atoms with Gasteiger partial charge in [0.2, 0.25) is 5.91 Å². The number of likely N-dealkylation sites (tertiary alicyclic amines) is 2. The first kappa shape index (κ1) is 16.3. The van der Waals surface area contributed by atoms with Crippen LogP contribution in [0.15, 0.2) is 6.07 Å². The normalized spacial score (nSPS) is 34.9. The summed E-state index contributed by atoms with van der Waals surface area (Å²) in [7, 11) is 0. The van der Waals surface area contributed by atoms with Crippen molar-refractivity contribution in [3.05, 3.63) is 17.5 Å². The minimum atomic E-state index is -0.155. The molecule has 2 bridgehead atoms. The second-order valence-electron chi connectivity index (χ2n) is 8.62. The molecular weight excluding hydrogens is 332 g/mol. The van der Waals surface area contributed by atoms with E-state index in [1.54, 1.807) is 6.07 Å². The third-order valence-electron chi connectivity index (χ3n) is 6.96. The van der Waals surface area contributed by atoms with Gasteiger partial charge in [-0.2, -0.15) is 5.10 Å². The number of nitrogens with one attached hydrogen (secondary N) is 1. The number of aliphatic hydroxyl groups excluding tert-OH is 1. The summed E-state index contributed by atoms with van der Waals surface area (Å²) in [5.41, 5.74) is 0.889. The first-order valence-corrected chi connectivity index (χ1v) is 9.88. The van der Waals surface area contributed by atoms with Gasteiger partial charge in [0.15, 0.2) is 5.69 Å². The Kier molecular flexibility index (Phi) is 3.81. The van der Waals surface area contributed by atoms with Crippen molar-refractivity contribution in [1.82, 2.24) is 20.0 Å². The number of aliphatic hydroxyl groups is 1. The first-order valence-electron chi connectivity index (χ1n) is 9.88. The monoisotopic (exact) mass is 358 g/mol. The molecule has 2 aliphatic carbocycles. The van der Waals surface area contributed by atoms with Crippen LogP contribution in [0, 0.1) is 17.8 Å². The summed E-state index contributed by atoms with van der Waals surface area (Å²) in [5.74, 6) is 2.63. The van der Waals surface area contributed by atoms with Crippen molar-refractivity contribution < 1.29 is 14.7 Å². The number of aromatic amines is 1. The van der Waals surface area contributed by atoms with Crippen LogP contribution in [-0.2, 0) is 11.4 Å². The Labute approximate surface area is 152 Å². The van der Waals surface area contributed by atoms with E-state index in [9.17, 15) is 9.59 Å². The summed E-state index contributed by atoms with van der Waals surface area (Å²) >= 11 is 0. The number of aromatic nitrogens is 2. The molecular formula is C19H26N4O3. The summed E-state index contributed by atoms with van der Waals surface area (Å²) in [6.45, 7) is 1.11. The summed E-state index contributed by atoms with van der Waals surface area (Å²) < 4.78 is 0. The van der Waals surface area contributed by atoms with Gasteiger partial charge >= 0.3 is 0 Å². The number of H-pyrrole nitrogens is 1. The average molecular weight is 358 g/mol. The lowest BCUT2D eigenvalue weighted by Gasteiger charge is -2.35. The van der Waals surface area contributed by atoms with E-state index in [4.69, 9.17) is 5.11 Å². The zero-order chi connectivity index (χ0) is 17.8. The quantitative estimate of drug-likeness (QED) is 0.845. The van der Waals surface area contributed by atoms with Gasteiger partial charge in [0.05, 0.1) is 24.4 Å². The number of hydrogen-bond acceptors (Lipinski definition) is 4.